The molecule has 31 heavy (non-hydrogen) atoms. The number of rotatable bonds is 9. The molecule has 1 fully saturated rings. The van der Waals surface area contributed by atoms with Crippen LogP contribution in [-0.2, 0) is 19.0 Å². The van der Waals surface area contributed by atoms with Gasteiger partial charge >= 0.3 is 17.2 Å². The zero-order valence-corrected chi connectivity index (χ0v) is 17.9. The molecule has 2 rings (SSSR count). The maximum atomic E-state index is 12.7. The summed E-state index contributed by atoms with van der Waals surface area (Å²) in [6.07, 6.45) is 3.30. The monoisotopic (exact) mass is 448 g/mol. The third kappa shape index (κ3) is 7.26. The van der Waals surface area contributed by atoms with Gasteiger partial charge in [0.15, 0.2) is 0 Å². The Bertz CT molecular complexity index is 871. The number of nitrogens with one attached hydrogen (secondary N) is 2. The lowest BCUT2D eigenvalue weighted by atomic mass is 10.1. The molecule has 0 aromatic heterocycles. The largest absolute Gasteiger partial charge is 0.465 e. The molecule has 0 bridgehead atoms. The van der Waals surface area contributed by atoms with Gasteiger partial charge in [-0.15, -0.1) is 0 Å². The summed E-state index contributed by atoms with van der Waals surface area (Å²) >= 11 is 1.02. The van der Waals surface area contributed by atoms with Crippen LogP contribution in [0.2, 0.25) is 0 Å². The fourth-order valence-corrected chi connectivity index (χ4v) is 3.67. The van der Waals surface area contributed by atoms with Crippen molar-refractivity contribution in [2.45, 2.75) is 17.7 Å². The topological polar surface area (TPSA) is 120 Å². The van der Waals surface area contributed by atoms with Crippen LogP contribution in [0, 0.1) is 0 Å². The van der Waals surface area contributed by atoms with Crippen molar-refractivity contribution in [1.29, 1.82) is 0 Å². The Labute approximate surface area is 184 Å². The second-order valence-corrected chi connectivity index (χ2v) is 7.69. The van der Waals surface area contributed by atoms with Crippen LogP contribution in [0.4, 0.5) is 10.5 Å². The van der Waals surface area contributed by atoms with Gasteiger partial charge in [0, 0.05) is 17.5 Å². The summed E-state index contributed by atoms with van der Waals surface area (Å²) in [5, 5.41) is 5.18. The molecule has 0 saturated carbocycles. The van der Waals surface area contributed by atoms with E-state index in [-0.39, 0.29) is 41.2 Å². The fraction of sp³-hybridized carbons (Fsp3) is 0.333. The zero-order chi connectivity index (χ0) is 22.8. The van der Waals surface area contributed by atoms with E-state index in [0.29, 0.717) is 13.0 Å². The highest BCUT2D eigenvalue weighted by atomic mass is 32.2. The van der Waals surface area contributed by atoms with Crippen molar-refractivity contribution < 1.29 is 33.4 Å². The molecule has 1 aliphatic heterocycles. The summed E-state index contributed by atoms with van der Waals surface area (Å²) < 4.78 is 14.6. The Morgan fingerprint density at radius 2 is 1.74 bits per heavy atom. The number of esters is 2. The molecule has 0 radical (unpaired) electrons. The van der Waals surface area contributed by atoms with Crippen molar-refractivity contribution in [1.82, 2.24) is 5.32 Å². The number of ether oxygens (including phenoxy) is 3. The van der Waals surface area contributed by atoms with Gasteiger partial charge in [-0.25, -0.2) is 14.4 Å². The number of hydrogen-bond donors (Lipinski definition) is 2. The lowest BCUT2D eigenvalue weighted by Crippen LogP contribution is -2.35. The predicted octanol–water partition coefficient (Wildman–Crippen LogP) is 2.54. The van der Waals surface area contributed by atoms with Gasteiger partial charge < -0.3 is 24.8 Å². The van der Waals surface area contributed by atoms with Crippen molar-refractivity contribution in [3.05, 3.63) is 54.6 Å². The first-order valence-electron chi connectivity index (χ1n) is 9.37. The molecule has 2 N–H and O–H groups in total. The SMILES string of the molecule is C=CCOC(=O)S[C@@H]1CN[C@H](C(=O)Nc2cc(C(=O)OC)cc(C(=O)OCC=C)c2)C1. The molecular formula is C21H24N2O7S. The van der Waals surface area contributed by atoms with Crippen LogP contribution < -0.4 is 10.6 Å². The molecule has 0 unspecified atom stereocenters. The summed E-state index contributed by atoms with van der Waals surface area (Å²) in [6.45, 7) is 7.54. The average Bonchev–Trinajstić information content (AvgIpc) is 3.23. The molecule has 2 atom stereocenters. The second-order valence-electron chi connectivity index (χ2n) is 6.45. The summed E-state index contributed by atoms with van der Waals surface area (Å²) in [5.41, 5.74) is 0.406. The van der Waals surface area contributed by atoms with Gasteiger partial charge in [0.2, 0.25) is 5.91 Å². The molecule has 1 heterocycles. The molecule has 1 aromatic rings. The Morgan fingerprint density at radius 1 is 1.10 bits per heavy atom. The van der Waals surface area contributed by atoms with E-state index in [1.54, 1.807) is 0 Å². The number of methoxy groups -OCH3 is 1. The molecular weight excluding hydrogens is 424 g/mol. The predicted molar refractivity (Wildman–Crippen MR) is 116 cm³/mol. The quantitative estimate of drug-likeness (QED) is 0.333. The van der Waals surface area contributed by atoms with Crippen LogP contribution in [0.3, 0.4) is 0 Å². The standard InChI is InChI=1S/C21H24N2O7S/c1-4-6-29-20(26)14-8-13(19(25)28-3)9-15(10-14)23-18(24)17-11-16(12-22-17)31-21(27)30-7-5-2/h4-5,8-10,16-17,22H,1-2,6-7,11-12H2,3H3,(H,23,24)/t16-,17-/m0/s1. The van der Waals surface area contributed by atoms with Crippen molar-refractivity contribution in [3.63, 3.8) is 0 Å². The van der Waals surface area contributed by atoms with Gasteiger partial charge in [-0.2, -0.15) is 0 Å². The number of benzene rings is 1. The number of carbonyl (C=O) groups is 4. The second kappa shape index (κ2) is 11.9. The zero-order valence-electron chi connectivity index (χ0n) is 17.1. The summed E-state index contributed by atoms with van der Waals surface area (Å²) in [7, 11) is 1.21. The Hall–Kier alpha value is -3.11. The first-order chi connectivity index (χ1) is 14.9. The van der Waals surface area contributed by atoms with Crippen LogP contribution in [0.5, 0.6) is 0 Å². The number of anilines is 1. The van der Waals surface area contributed by atoms with Gasteiger partial charge in [-0.3, -0.25) is 4.79 Å². The first-order valence-corrected chi connectivity index (χ1v) is 10.3. The van der Waals surface area contributed by atoms with E-state index in [2.05, 4.69) is 23.8 Å². The van der Waals surface area contributed by atoms with Crippen molar-refractivity contribution >= 4 is 40.6 Å². The molecule has 10 heteroatoms. The first kappa shape index (κ1) is 24.2. The molecule has 0 aliphatic carbocycles. The average molecular weight is 448 g/mol. The molecule has 1 aliphatic rings. The van der Waals surface area contributed by atoms with Crippen LogP contribution in [0.25, 0.3) is 0 Å². The van der Waals surface area contributed by atoms with Crippen molar-refractivity contribution in [3.8, 4) is 0 Å². The van der Waals surface area contributed by atoms with Gasteiger partial charge in [-0.1, -0.05) is 25.3 Å². The molecule has 0 spiro atoms. The Kier molecular flexibility index (Phi) is 9.29. The van der Waals surface area contributed by atoms with Crippen LogP contribution in [0.1, 0.15) is 27.1 Å². The van der Waals surface area contributed by atoms with Crippen molar-refractivity contribution in [2.75, 3.05) is 32.2 Å². The van der Waals surface area contributed by atoms with Gasteiger partial charge in [0.05, 0.1) is 24.3 Å². The van der Waals surface area contributed by atoms with E-state index in [9.17, 15) is 19.2 Å². The van der Waals surface area contributed by atoms with Gasteiger partial charge in [0.1, 0.15) is 13.2 Å². The number of carbonyl (C=O) groups excluding carboxylic acids is 4. The Balaban J connectivity index is 2.06. The fourth-order valence-electron chi connectivity index (χ4n) is 2.79. The molecule has 1 saturated heterocycles. The molecule has 166 valence electrons. The van der Waals surface area contributed by atoms with Crippen molar-refractivity contribution in [2.24, 2.45) is 0 Å². The third-order valence-electron chi connectivity index (χ3n) is 4.18. The maximum Gasteiger partial charge on any atom is 0.367 e. The minimum absolute atomic E-state index is 0.00323. The minimum Gasteiger partial charge on any atom is -0.465 e. The van der Waals surface area contributed by atoms with E-state index >= 15 is 0 Å². The number of amides is 1. The third-order valence-corrected chi connectivity index (χ3v) is 5.18. The molecule has 1 aromatic carbocycles. The van der Waals surface area contributed by atoms with Crippen LogP contribution in [0.15, 0.2) is 43.5 Å². The smallest absolute Gasteiger partial charge is 0.367 e. The molecule has 9 nitrogen and oxygen atoms in total. The summed E-state index contributed by atoms with van der Waals surface area (Å²) in [6, 6.07) is 3.58. The normalized spacial score (nSPS) is 17.3. The lowest BCUT2D eigenvalue weighted by Gasteiger charge is -2.13. The highest BCUT2D eigenvalue weighted by Crippen LogP contribution is 2.24. The molecule has 1 amide bonds. The van der Waals surface area contributed by atoms with E-state index in [1.165, 1.54) is 37.5 Å². The lowest BCUT2D eigenvalue weighted by molar-refractivity contribution is -0.117. The van der Waals surface area contributed by atoms with E-state index in [1.807, 2.05) is 0 Å². The van der Waals surface area contributed by atoms with E-state index in [4.69, 9.17) is 14.2 Å². The number of hydrogen-bond acceptors (Lipinski definition) is 9. The van der Waals surface area contributed by atoms with Gasteiger partial charge in [-0.05, 0) is 36.4 Å². The van der Waals surface area contributed by atoms with E-state index in [0.717, 1.165) is 11.8 Å². The van der Waals surface area contributed by atoms with Crippen LogP contribution >= 0.6 is 11.8 Å². The highest BCUT2D eigenvalue weighted by molar-refractivity contribution is 8.13. The Morgan fingerprint density at radius 3 is 2.39 bits per heavy atom. The van der Waals surface area contributed by atoms with Crippen LogP contribution in [-0.4, -0.2) is 61.3 Å². The minimum atomic E-state index is -0.672. The van der Waals surface area contributed by atoms with Gasteiger partial charge in [0.25, 0.3) is 0 Å². The van der Waals surface area contributed by atoms with E-state index < -0.39 is 23.3 Å². The summed E-state index contributed by atoms with van der Waals surface area (Å²) in [5.74, 6) is -1.70. The number of thioether (sulfide) groups is 1. The highest BCUT2D eigenvalue weighted by Gasteiger charge is 2.32. The maximum absolute atomic E-state index is 12.7. The summed E-state index contributed by atoms with van der Waals surface area (Å²) in [4.78, 5) is 48.5.